The zero-order valence-electron chi connectivity index (χ0n) is 17.2. The molecule has 0 aliphatic carbocycles. The largest absolute Gasteiger partial charge is 0.480 e. The van der Waals surface area contributed by atoms with Crippen molar-refractivity contribution < 1.29 is 18.3 Å². The van der Waals surface area contributed by atoms with Gasteiger partial charge in [-0.3, -0.25) is 9.80 Å². The molecule has 0 aromatic heterocycles. The number of carboxylic acids is 1. The van der Waals surface area contributed by atoms with E-state index in [2.05, 4.69) is 4.58 Å². The third kappa shape index (κ3) is 4.97. The highest BCUT2D eigenvalue weighted by Gasteiger charge is 2.42. The van der Waals surface area contributed by atoms with Crippen LogP contribution in [0.5, 0.6) is 0 Å². The van der Waals surface area contributed by atoms with Crippen molar-refractivity contribution in [2.24, 2.45) is 9.72 Å². The Morgan fingerprint density at radius 2 is 1.81 bits per heavy atom. The van der Waals surface area contributed by atoms with E-state index < -0.39 is 22.0 Å². The van der Waals surface area contributed by atoms with Crippen molar-refractivity contribution in [3.63, 3.8) is 0 Å². The van der Waals surface area contributed by atoms with Crippen LogP contribution in [-0.2, 0) is 14.8 Å². The van der Waals surface area contributed by atoms with Crippen molar-refractivity contribution in [1.82, 2.24) is 5.01 Å². The first-order chi connectivity index (χ1) is 15.0. The van der Waals surface area contributed by atoms with Crippen LogP contribution in [0, 0.1) is 4.91 Å². The van der Waals surface area contributed by atoms with Gasteiger partial charge in [0.05, 0.1) is 16.3 Å². The van der Waals surface area contributed by atoms with E-state index in [0.29, 0.717) is 34.0 Å². The van der Waals surface area contributed by atoms with Crippen LogP contribution in [0.15, 0.2) is 63.6 Å². The van der Waals surface area contributed by atoms with Gasteiger partial charge in [0.1, 0.15) is 6.04 Å². The van der Waals surface area contributed by atoms with Gasteiger partial charge in [0.2, 0.25) is 10.0 Å². The van der Waals surface area contributed by atoms with Crippen LogP contribution in [0.25, 0.3) is 5.70 Å². The summed E-state index contributed by atoms with van der Waals surface area (Å²) in [6.07, 6.45) is 0.293. The number of halogens is 1. The second-order valence-electron chi connectivity index (χ2n) is 7.24. The predicted molar refractivity (Wildman–Crippen MR) is 125 cm³/mol. The predicted octanol–water partition coefficient (Wildman–Crippen LogP) is 3.71. The molecular formula is C20H21ClN4O5S2. The van der Waals surface area contributed by atoms with Crippen molar-refractivity contribution in [3.8, 4) is 0 Å². The highest BCUT2D eigenvalue weighted by atomic mass is 35.5. The fourth-order valence-corrected chi connectivity index (χ4v) is 4.75. The lowest BCUT2D eigenvalue weighted by Gasteiger charge is -2.31. The number of rotatable bonds is 8. The van der Waals surface area contributed by atoms with Crippen LogP contribution in [0.3, 0.4) is 0 Å². The zero-order chi connectivity index (χ0) is 23.6. The van der Waals surface area contributed by atoms with Gasteiger partial charge in [-0.15, -0.1) is 4.91 Å². The van der Waals surface area contributed by atoms with E-state index in [9.17, 15) is 23.2 Å². The smallest absolute Gasteiger partial charge is 0.327 e. The Hall–Kier alpha value is -2.44. The molecule has 0 saturated heterocycles. The lowest BCUT2D eigenvalue weighted by atomic mass is 9.97. The minimum atomic E-state index is -3.88. The maximum atomic E-state index is 12.2. The first kappa shape index (κ1) is 24.2. The Morgan fingerprint density at radius 1 is 1.22 bits per heavy atom. The Morgan fingerprint density at radius 3 is 2.31 bits per heavy atom. The van der Waals surface area contributed by atoms with Crippen molar-refractivity contribution in [2.75, 3.05) is 12.1 Å². The van der Waals surface area contributed by atoms with E-state index in [1.54, 1.807) is 60.4 Å². The van der Waals surface area contributed by atoms with Gasteiger partial charge in [-0.1, -0.05) is 30.7 Å². The Balaban J connectivity index is 2.21. The number of hydrazine groups is 1. The fraction of sp³-hybridized carbons (Fsp3) is 0.250. The average molecular weight is 497 g/mol. The van der Waals surface area contributed by atoms with E-state index in [1.807, 2.05) is 0 Å². The molecule has 1 heterocycles. The number of carboxylic acid groups (broad SMARTS) is 1. The van der Waals surface area contributed by atoms with Crippen LogP contribution < -0.4 is 10.1 Å². The first-order valence-electron chi connectivity index (χ1n) is 9.40. The summed E-state index contributed by atoms with van der Waals surface area (Å²) >= 11 is 6.89. The summed E-state index contributed by atoms with van der Waals surface area (Å²) in [7, 11) is -2.25. The number of nitrogens with two attached hydrogens (primary N) is 1. The summed E-state index contributed by atoms with van der Waals surface area (Å²) in [5.41, 5.74) is 2.45. The molecule has 9 nitrogen and oxygen atoms in total. The molecule has 0 spiro atoms. The van der Waals surface area contributed by atoms with E-state index in [1.165, 1.54) is 12.1 Å². The van der Waals surface area contributed by atoms with Crippen molar-refractivity contribution >= 4 is 50.9 Å². The molecule has 32 heavy (non-hydrogen) atoms. The second kappa shape index (κ2) is 9.59. The molecule has 2 aromatic rings. The first-order valence-corrected chi connectivity index (χ1v) is 12.2. The summed E-state index contributed by atoms with van der Waals surface area (Å²) in [4.78, 5) is 22.9. The fourth-order valence-electron chi connectivity index (χ4n) is 3.71. The number of hydrogen-bond donors (Lipinski definition) is 2. The molecule has 2 unspecified atom stereocenters. The highest BCUT2D eigenvalue weighted by molar-refractivity contribution is 7.98. The van der Waals surface area contributed by atoms with Crippen LogP contribution in [0.1, 0.15) is 18.9 Å². The Labute approximate surface area is 195 Å². The molecule has 0 fully saturated rings. The molecule has 2 atom stereocenters. The van der Waals surface area contributed by atoms with Gasteiger partial charge in [-0.25, -0.2) is 18.6 Å². The molecule has 0 amide bonds. The molecule has 0 saturated carbocycles. The van der Waals surface area contributed by atoms with Crippen LogP contribution in [0.4, 0.5) is 5.69 Å². The number of aliphatic carboxylic acids is 1. The van der Waals surface area contributed by atoms with E-state index in [4.69, 9.17) is 16.7 Å². The molecule has 1 aliphatic heterocycles. The Kier molecular flexibility index (Phi) is 7.25. The quantitative estimate of drug-likeness (QED) is 0.417. The maximum Gasteiger partial charge on any atom is 0.327 e. The van der Waals surface area contributed by atoms with Crippen LogP contribution >= 0.6 is 23.5 Å². The zero-order valence-corrected chi connectivity index (χ0v) is 19.6. The summed E-state index contributed by atoms with van der Waals surface area (Å²) in [6, 6.07) is 11.8. The third-order valence-corrected chi connectivity index (χ3v) is 6.82. The van der Waals surface area contributed by atoms with Gasteiger partial charge in [0, 0.05) is 33.9 Å². The molecule has 0 bridgehead atoms. The molecule has 3 rings (SSSR count). The van der Waals surface area contributed by atoms with Gasteiger partial charge in [-0.2, -0.15) is 0 Å². The monoisotopic (exact) mass is 496 g/mol. The number of nitroso groups, excluding NO2 is 1. The summed E-state index contributed by atoms with van der Waals surface area (Å²) in [5, 5.41) is 18.7. The molecule has 1 aliphatic rings. The van der Waals surface area contributed by atoms with Crippen molar-refractivity contribution in [3.05, 3.63) is 69.6 Å². The summed E-state index contributed by atoms with van der Waals surface area (Å²) < 4.78 is 26.2. The molecule has 0 radical (unpaired) electrons. The Bertz CT molecular complexity index is 1150. The lowest BCUT2D eigenvalue weighted by Crippen LogP contribution is -2.43. The van der Waals surface area contributed by atoms with Gasteiger partial charge in [0.25, 0.3) is 0 Å². The average Bonchev–Trinajstić information content (AvgIpc) is 3.00. The lowest BCUT2D eigenvalue weighted by molar-refractivity contribution is -0.140. The van der Waals surface area contributed by atoms with E-state index in [0.717, 1.165) is 11.9 Å². The number of primary sulfonamides is 1. The molecule has 2 aromatic carbocycles. The number of hydrogen-bond acceptors (Lipinski definition) is 8. The molecule has 3 N–H and O–H groups in total. The molecule has 170 valence electrons. The number of benzene rings is 2. The highest BCUT2D eigenvalue weighted by Crippen LogP contribution is 2.42. The van der Waals surface area contributed by atoms with E-state index >= 15 is 0 Å². The minimum absolute atomic E-state index is 0.0581. The summed E-state index contributed by atoms with van der Waals surface area (Å²) in [6.45, 7) is 1.79. The van der Waals surface area contributed by atoms with Crippen molar-refractivity contribution in [1.29, 1.82) is 0 Å². The maximum absolute atomic E-state index is 12.2. The minimum Gasteiger partial charge on any atom is -0.480 e. The summed E-state index contributed by atoms with van der Waals surface area (Å²) in [5.74, 6) is -1.06. The van der Waals surface area contributed by atoms with Gasteiger partial charge in [-0.05, 0) is 54.0 Å². The normalized spacial score (nSPS) is 18.1. The SMILES string of the molecule is CC(CC1=C(c2ccc(Cl)cc2)N(c2ccc(S(N)(=O)=O)cc2)N(C)C1C(=O)O)SN=O. The standard InChI is InChI=1S/C20H21ClN4O5S2/c1-12(31-23-28)11-17-18(13-3-5-14(21)6-4-13)25(24(2)19(17)20(26)27)15-7-9-16(10-8-15)32(22,29)30/h3-10,12,19H,11H2,1-2H3,(H,26,27)(H2,22,29,30). The number of likely N-dealkylation sites (N-methyl/N-ethyl adjacent to an activating group) is 1. The number of carbonyl (C=O) groups is 1. The van der Waals surface area contributed by atoms with Crippen LogP contribution in [-0.4, -0.2) is 42.8 Å². The number of sulfonamides is 1. The second-order valence-corrected chi connectivity index (χ2v) is 10.4. The van der Waals surface area contributed by atoms with Gasteiger partial charge < -0.3 is 5.11 Å². The third-order valence-electron chi connectivity index (χ3n) is 5.03. The molecule has 12 heteroatoms. The topological polar surface area (TPSA) is 133 Å². The molecular weight excluding hydrogens is 476 g/mol. The number of nitrogens with zero attached hydrogens (tertiary/aromatic N) is 3. The van der Waals surface area contributed by atoms with Gasteiger partial charge >= 0.3 is 5.97 Å². The van der Waals surface area contributed by atoms with Crippen LogP contribution in [0.2, 0.25) is 5.02 Å². The van der Waals surface area contributed by atoms with Crippen molar-refractivity contribution in [2.45, 2.75) is 29.5 Å². The van der Waals surface area contributed by atoms with Gasteiger partial charge in [0.15, 0.2) is 0 Å². The van der Waals surface area contributed by atoms with E-state index in [-0.39, 0.29) is 10.1 Å². The number of anilines is 1.